The summed E-state index contributed by atoms with van der Waals surface area (Å²) in [5.74, 6) is 0.897. The molecule has 2 nitrogen and oxygen atoms in total. The lowest BCUT2D eigenvalue weighted by molar-refractivity contribution is 0.191. The van der Waals surface area contributed by atoms with Crippen LogP contribution in [0.4, 0.5) is 0 Å². The number of hydrogen-bond acceptors (Lipinski definition) is 3. The van der Waals surface area contributed by atoms with Crippen LogP contribution in [0.15, 0.2) is 14.3 Å². The largest absolute Gasteiger partial charge is 0.317 e. The van der Waals surface area contributed by atoms with Crippen molar-refractivity contribution >= 4 is 43.2 Å². The first-order valence-electron chi connectivity index (χ1n) is 7.11. The Kier molecular flexibility index (Phi) is 5.01. The molecule has 1 aromatic rings. The molecule has 0 bridgehead atoms. The molecule has 19 heavy (non-hydrogen) atoms. The Labute approximate surface area is 136 Å². The summed E-state index contributed by atoms with van der Waals surface area (Å²) in [6.07, 6.45) is 5.50. The Morgan fingerprint density at radius 2 is 1.95 bits per heavy atom. The van der Waals surface area contributed by atoms with E-state index in [1.54, 1.807) is 0 Å². The molecule has 106 valence electrons. The molecule has 2 aliphatic rings. The van der Waals surface area contributed by atoms with Crippen LogP contribution in [0.1, 0.15) is 30.6 Å². The minimum absolute atomic E-state index is 0.856. The first kappa shape index (κ1) is 14.5. The van der Waals surface area contributed by atoms with Gasteiger partial charge in [-0.15, -0.1) is 11.3 Å². The SMILES string of the molecule is Brc1cc(CN(CC2CCNCC2)C2CC2)sc1Br. The van der Waals surface area contributed by atoms with Gasteiger partial charge in [0.15, 0.2) is 0 Å². The molecule has 1 aliphatic carbocycles. The van der Waals surface area contributed by atoms with Crippen LogP contribution in [0.3, 0.4) is 0 Å². The van der Waals surface area contributed by atoms with Crippen LogP contribution in [0.2, 0.25) is 0 Å². The fraction of sp³-hybridized carbons (Fsp3) is 0.714. The van der Waals surface area contributed by atoms with Crippen molar-refractivity contribution in [2.45, 2.75) is 38.3 Å². The minimum atomic E-state index is 0.856. The third-order valence-electron chi connectivity index (χ3n) is 4.07. The molecule has 1 saturated heterocycles. The number of halogens is 2. The summed E-state index contributed by atoms with van der Waals surface area (Å²) in [4.78, 5) is 4.19. The molecule has 1 N–H and O–H groups in total. The zero-order valence-electron chi connectivity index (χ0n) is 11.0. The van der Waals surface area contributed by atoms with Crippen LogP contribution < -0.4 is 5.32 Å². The van der Waals surface area contributed by atoms with Crippen LogP contribution >= 0.6 is 43.2 Å². The predicted octanol–water partition coefficient (Wildman–Crippen LogP) is 4.24. The van der Waals surface area contributed by atoms with Crippen molar-refractivity contribution in [3.8, 4) is 0 Å². The molecular formula is C14H20Br2N2S. The zero-order chi connectivity index (χ0) is 13.2. The molecule has 0 unspecified atom stereocenters. The molecule has 0 spiro atoms. The lowest BCUT2D eigenvalue weighted by Crippen LogP contribution is -2.36. The molecule has 0 amide bonds. The number of thiophene rings is 1. The maximum Gasteiger partial charge on any atom is 0.0843 e. The highest BCUT2D eigenvalue weighted by molar-refractivity contribution is 9.13. The molecule has 0 aromatic carbocycles. The summed E-state index contributed by atoms with van der Waals surface area (Å²) in [5.41, 5.74) is 0. The topological polar surface area (TPSA) is 15.3 Å². The van der Waals surface area contributed by atoms with Crippen molar-refractivity contribution in [3.05, 3.63) is 19.2 Å². The van der Waals surface area contributed by atoms with Crippen LogP contribution in [0, 0.1) is 5.92 Å². The second-order valence-corrected chi connectivity index (χ2v) is 9.00. The second-order valence-electron chi connectivity index (χ2n) is 5.69. The molecular weight excluding hydrogens is 388 g/mol. The van der Waals surface area contributed by atoms with Gasteiger partial charge in [-0.2, -0.15) is 0 Å². The molecule has 2 fully saturated rings. The van der Waals surface area contributed by atoms with Crippen molar-refractivity contribution in [3.63, 3.8) is 0 Å². The summed E-state index contributed by atoms with van der Waals surface area (Å²) < 4.78 is 2.42. The summed E-state index contributed by atoms with van der Waals surface area (Å²) in [6.45, 7) is 4.83. The normalized spacial score (nSPS) is 21.2. The first-order valence-corrected chi connectivity index (χ1v) is 9.51. The van der Waals surface area contributed by atoms with Crippen molar-refractivity contribution in [2.24, 2.45) is 5.92 Å². The van der Waals surface area contributed by atoms with Gasteiger partial charge < -0.3 is 5.32 Å². The molecule has 5 heteroatoms. The van der Waals surface area contributed by atoms with Gasteiger partial charge in [-0.05, 0) is 82.6 Å². The molecule has 0 radical (unpaired) electrons. The minimum Gasteiger partial charge on any atom is -0.317 e. The van der Waals surface area contributed by atoms with Gasteiger partial charge in [0.2, 0.25) is 0 Å². The van der Waals surface area contributed by atoms with Crippen molar-refractivity contribution < 1.29 is 0 Å². The Hall–Kier alpha value is 0.580. The number of nitrogens with one attached hydrogen (secondary N) is 1. The number of hydrogen-bond donors (Lipinski definition) is 1. The van der Waals surface area contributed by atoms with E-state index >= 15 is 0 Å². The van der Waals surface area contributed by atoms with E-state index in [4.69, 9.17) is 0 Å². The van der Waals surface area contributed by atoms with Gasteiger partial charge in [0.25, 0.3) is 0 Å². The lowest BCUT2D eigenvalue weighted by atomic mass is 9.97. The summed E-state index contributed by atoms with van der Waals surface area (Å²) >= 11 is 9.06. The molecule has 3 rings (SSSR count). The molecule has 0 atom stereocenters. The average Bonchev–Trinajstić information content (AvgIpc) is 3.18. The molecule has 1 saturated carbocycles. The van der Waals surface area contributed by atoms with E-state index < -0.39 is 0 Å². The molecule has 1 aromatic heterocycles. The quantitative estimate of drug-likeness (QED) is 0.785. The maximum absolute atomic E-state index is 3.60. The van der Waals surface area contributed by atoms with Gasteiger partial charge in [0.1, 0.15) is 0 Å². The van der Waals surface area contributed by atoms with Gasteiger partial charge in [-0.1, -0.05) is 0 Å². The van der Waals surface area contributed by atoms with Gasteiger partial charge >= 0.3 is 0 Å². The predicted molar refractivity (Wildman–Crippen MR) is 88.7 cm³/mol. The molecule has 2 heterocycles. The average molecular weight is 408 g/mol. The van der Waals surface area contributed by atoms with Gasteiger partial charge in [-0.3, -0.25) is 4.90 Å². The van der Waals surface area contributed by atoms with Crippen LogP contribution in [-0.2, 0) is 6.54 Å². The highest BCUT2D eigenvalue weighted by Gasteiger charge is 2.31. The van der Waals surface area contributed by atoms with Crippen LogP contribution in [-0.4, -0.2) is 30.6 Å². The van der Waals surface area contributed by atoms with Crippen LogP contribution in [0.25, 0.3) is 0 Å². The number of rotatable bonds is 5. The van der Waals surface area contributed by atoms with Gasteiger partial charge in [-0.25, -0.2) is 0 Å². The zero-order valence-corrected chi connectivity index (χ0v) is 15.0. The maximum atomic E-state index is 3.60. The van der Waals surface area contributed by atoms with Crippen molar-refractivity contribution in [2.75, 3.05) is 19.6 Å². The fourth-order valence-corrected chi connectivity index (χ4v) is 5.05. The third-order valence-corrected chi connectivity index (χ3v) is 7.31. The van der Waals surface area contributed by atoms with Gasteiger partial charge in [0, 0.05) is 28.5 Å². The third kappa shape index (κ3) is 4.03. The number of nitrogens with zero attached hydrogens (tertiary/aromatic N) is 1. The van der Waals surface area contributed by atoms with Crippen molar-refractivity contribution in [1.29, 1.82) is 0 Å². The van der Waals surface area contributed by atoms with Crippen LogP contribution in [0.5, 0.6) is 0 Å². The highest BCUT2D eigenvalue weighted by atomic mass is 79.9. The summed E-state index contributed by atoms with van der Waals surface area (Å²) in [6, 6.07) is 3.13. The first-order chi connectivity index (χ1) is 9.22. The second kappa shape index (κ2) is 6.56. The van der Waals surface area contributed by atoms with E-state index in [9.17, 15) is 0 Å². The Morgan fingerprint density at radius 1 is 1.21 bits per heavy atom. The van der Waals surface area contributed by atoms with E-state index in [1.807, 2.05) is 11.3 Å². The highest BCUT2D eigenvalue weighted by Crippen LogP contribution is 2.36. The van der Waals surface area contributed by atoms with Crippen molar-refractivity contribution in [1.82, 2.24) is 10.2 Å². The summed E-state index contributed by atoms with van der Waals surface area (Å²) in [7, 11) is 0. The lowest BCUT2D eigenvalue weighted by Gasteiger charge is -2.29. The Morgan fingerprint density at radius 3 is 2.53 bits per heavy atom. The smallest absolute Gasteiger partial charge is 0.0843 e. The fourth-order valence-electron chi connectivity index (χ4n) is 2.85. The Balaban J connectivity index is 1.60. The standard InChI is InChI=1S/C14H20Br2N2S/c15-13-7-12(19-14(13)16)9-18(11-1-2-11)8-10-3-5-17-6-4-10/h7,10-11,17H,1-6,8-9H2. The van der Waals surface area contributed by atoms with E-state index in [0.717, 1.165) is 18.5 Å². The summed E-state index contributed by atoms with van der Waals surface area (Å²) in [5, 5.41) is 3.46. The monoisotopic (exact) mass is 406 g/mol. The van der Waals surface area contributed by atoms with Gasteiger partial charge in [0.05, 0.1) is 3.79 Å². The van der Waals surface area contributed by atoms with E-state index in [-0.39, 0.29) is 0 Å². The van der Waals surface area contributed by atoms with E-state index in [0.29, 0.717) is 0 Å². The Bertz CT molecular complexity index is 406. The number of piperidine rings is 1. The van der Waals surface area contributed by atoms with E-state index in [2.05, 4.69) is 48.1 Å². The van der Waals surface area contributed by atoms with E-state index in [1.165, 1.54) is 58.5 Å². The molecule has 1 aliphatic heterocycles.